The minimum atomic E-state index is -0.613. The predicted octanol–water partition coefficient (Wildman–Crippen LogP) is 4.43. The first-order valence-corrected chi connectivity index (χ1v) is 10.1. The second-order valence-corrected chi connectivity index (χ2v) is 7.38. The summed E-state index contributed by atoms with van der Waals surface area (Å²) < 4.78 is 15.9. The number of ether oxygens (including phenoxy) is 3. The lowest BCUT2D eigenvalue weighted by molar-refractivity contribution is 0.0527. The van der Waals surface area contributed by atoms with E-state index in [0.29, 0.717) is 21.3 Å². The fourth-order valence-electron chi connectivity index (χ4n) is 2.42. The molecule has 0 spiro atoms. The van der Waals surface area contributed by atoms with Crippen LogP contribution in [0, 0.1) is 6.92 Å². The third-order valence-electron chi connectivity index (χ3n) is 3.73. The molecule has 0 fully saturated rings. The first-order valence-electron chi connectivity index (χ1n) is 8.46. The summed E-state index contributed by atoms with van der Waals surface area (Å²) in [5.41, 5.74) is 0.912. The standard InChI is InChI=1S/C19H20BrNO6S/c1-5-26-18(23)14-10(3)15(19(24)27-6-2)28-17(14)21-16(22)11-7-8-13(25-4)12(20)9-11/h7-9H,5-6H2,1-4H3,(H,21,22). The molecule has 0 radical (unpaired) electrons. The van der Waals surface area contributed by atoms with Crippen LogP contribution in [0.15, 0.2) is 22.7 Å². The molecule has 0 bridgehead atoms. The number of carbonyl (C=O) groups is 3. The highest BCUT2D eigenvalue weighted by molar-refractivity contribution is 9.10. The zero-order chi connectivity index (χ0) is 20.8. The molecular formula is C19H20BrNO6S. The number of amides is 1. The van der Waals surface area contributed by atoms with E-state index in [9.17, 15) is 14.4 Å². The molecular weight excluding hydrogens is 450 g/mol. The van der Waals surface area contributed by atoms with Gasteiger partial charge in [0.2, 0.25) is 0 Å². The summed E-state index contributed by atoms with van der Waals surface area (Å²) in [5, 5.41) is 2.93. The minimum Gasteiger partial charge on any atom is -0.496 e. The molecule has 7 nitrogen and oxygen atoms in total. The minimum absolute atomic E-state index is 0.149. The number of hydrogen-bond donors (Lipinski definition) is 1. The van der Waals surface area contributed by atoms with Gasteiger partial charge in [-0.05, 0) is 60.5 Å². The van der Waals surface area contributed by atoms with Crippen LogP contribution in [-0.4, -0.2) is 38.2 Å². The molecule has 0 aliphatic carbocycles. The van der Waals surface area contributed by atoms with Gasteiger partial charge < -0.3 is 19.5 Å². The van der Waals surface area contributed by atoms with Crippen LogP contribution in [0.4, 0.5) is 5.00 Å². The Morgan fingerprint density at radius 1 is 1.11 bits per heavy atom. The number of carbonyl (C=O) groups excluding carboxylic acids is 3. The van der Waals surface area contributed by atoms with E-state index in [2.05, 4.69) is 21.2 Å². The van der Waals surface area contributed by atoms with Gasteiger partial charge in [-0.2, -0.15) is 0 Å². The highest BCUT2D eigenvalue weighted by Gasteiger charge is 2.27. The van der Waals surface area contributed by atoms with E-state index in [0.717, 1.165) is 11.3 Å². The molecule has 0 aliphatic rings. The molecule has 2 rings (SSSR count). The average Bonchev–Trinajstić information content (AvgIpc) is 2.98. The number of nitrogens with one attached hydrogen (secondary N) is 1. The third kappa shape index (κ3) is 4.71. The zero-order valence-electron chi connectivity index (χ0n) is 15.9. The van der Waals surface area contributed by atoms with Crippen molar-refractivity contribution in [3.63, 3.8) is 0 Å². The van der Waals surface area contributed by atoms with Gasteiger partial charge in [-0.3, -0.25) is 4.79 Å². The monoisotopic (exact) mass is 469 g/mol. The van der Waals surface area contributed by atoms with Crippen molar-refractivity contribution in [2.75, 3.05) is 25.6 Å². The highest BCUT2D eigenvalue weighted by Crippen LogP contribution is 2.35. The van der Waals surface area contributed by atoms with Crippen LogP contribution in [0.3, 0.4) is 0 Å². The van der Waals surface area contributed by atoms with Gasteiger partial charge in [0.15, 0.2) is 0 Å². The second kappa shape index (κ2) is 9.70. The van der Waals surface area contributed by atoms with E-state index >= 15 is 0 Å². The molecule has 0 unspecified atom stereocenters. The SMILES string of the molecule is CCOC(=O)c1sc(NC(=O)c2ccc(OC)c(Br)c2)c(C(=O)OCC)c1C. The van der Waals surface area contributed by atoms with E-state index in [4.69, 9.17) is 14.2 Å². The molecule has 0 aliphatic heterocycles. The predicted molar refractivity (Wildman–Crippen MR) is 110 cm³/mol. The van der Waals surface area contributed by atoms with Crippen LogP contribution in [0.25, 0.3) is 0 Å². The Kier molecular flexibility index (Phi) is 7.59. The lowest BCUT2D eigenvalue weighted by atomic mass is 10.1. The molecule has 0 saturated heterocycles. The van der Waals surface area contributed by atoms with Gasteiger partial charge in [0.25, 0.3) is 5.91 Å². The number of esters is 2. The van der Waals surface area contributed by atoms with Crippen LogP contribution in [0.1, 0.15) is 49.8 Å². The number of hydrogen-bond acceptors (Lipinski definition) is 7. The zero-order valence-corrected chi connectivity index (χ0v) is 18.3. The maximum absolute atomic E-state index is 12.7. The van der Waals surface area contributed by atoms with E-state index in [1.807, 2.05) is 0 Å². The second-order valence-electron chi connectivity index (χ2n) is 5.50. The lowest BCUT2D eigenvalue weighted by Gasteiger charge is -2.08. The number of rotatable bonds is 7. The normalized spacial score (nSPS) is 10.3. The van der Waals surface area contributed by atoms with Crippen LogP contribution >= 0.6 is 27.3 Å². The fourth-order valence-corrected chi connectivity index (χ4v) is 4.05. The molecule has 1 N–H and O–H groups in total. The smallest absolute Gasteiger partial charge is 0.348 e. The Hall–Kier alpha value is -2.39. The lowest BCUT2D eigenvalue weighted by Crippen LogP contribution is -2.15. The van der Waals surface area contributed by atoms with Crippen molar-refractivity contribution in [3.8, 4) is 5.75 Å². The van der Waals surface area contributed by atoms with Crippen molar-refractivity contribution in [1.82, 2.24) is 0 Å². The molecule has 0 atom stereocenters. The maximum atomic E-state index is 12.7. The van der Waals surface area contributed by atoms with Gasteiger partial charge in [-0.1, -0.05) is 0 Å². The van der Waals surface area contributed by atoms with Gasteiger partial charge in [0.05, 0.1) is 30.4 Å². The molecule has 9 heteroatoms. The molecule has 150 valence electrons. The first-order chi connectivity index (χ1) is 13.3. The van der Waals surface area contributed by atoms with Crippen molar-refractivity contribution in [2.45, 2.75) is 20.8 Å². The van der Waals surface area contributed by atoms with Gasteiger partial charge in [-0.15, -0.1) is 11.3 Å². The fraction of sp³-hybridized carbons (Fsp3) is 0.316. The van der Waals surface area contributed by atoms with Gasteiger partial charge in [-0.25, -0.2) is 9.59 Å². The van der Waals surface area contributed by atoms with E-state index in [1.54, 1.807) is 39.0 Å². The van der Waals surface area contributed by atoms with Gasteiger partial charge in [0.1, 0.15) is 15.6 Å². The maximum Gasteiger partial charge on any atom is 0.348 e. The van der Waals surface area contributed by atoms with E-state index in [-0.39, 0.29) is 28.7 Å². The molecule has 2 aromatic rings. The molecule has 1 aromatic heterocycles. The third-order valence-corrected chi connectivity index (χ3v) is 5.54. The molecule has 1 amide bonds. The number of anilines is 1. The van der Waals surface area contributed by atoms with Crippen LogP contribution < -0.4 is 10.1 Å². The summed E-state index contributed by atoms with van der Waals surface area (Å²) >= 11 is 4.31. The first kappa shape index (κ1) is 21.9. The van der Waals surface area contributed by atoms with Crippen molar-refractivity contribution in [1.29, 1.82) is 0 Å². The Balaban J connectivity index is 2.41. The average molecular weight is 470 g/mol. The Morgan fingerprint density at radius 2 is 1.75 bits per heavy atom. The Labute approximate surface area is 175 Å². The molecule has 1 heterocycles. The van der Waals surface area contributed by atoms with E-state index in [1.165, 1.54) is 7.11 Å². The van der Waals surface area contributed by atoms with Crippen molar-refractivity contribution >= 4 is 50.1 Å². The van der Waals surface area contributed by atoms with Crippen molar-refractivity contribution < 1.29 is 28.6 Å². The summed E-state index contributed by atoms with van der Waals surface area (Å²) in [6.45, 7) is 5.36. The number of halogens is 1. The summed E-state index contributed by atoms with van der Waals surface area (Å²) in [4.78, 5) is 37.5. The Bertz CT molecular complexity index is 908. The van der Waals surface area contributed by atoms with Crippen molar-refractivity contribution in [2.24, 2.45) is 0 Å². The molecule has 0 saturated carbocycles. The summed E-state index contributed by atoms with van der Waals surface area (Å²) in [5.74, 6) is -1.02. The highest BCUT2D eigenvalue weighted by atomic mass is 79.9. The number of methoxy groups -OCH3 is 1. The topological polar surface area (TPSA) is 90.9 Å². The quantitative estimate of drug-likeness (QED) is 0.602. The largest absolute Gasteiger partial charge is 0.496 e. The van der Waals surface area contributed by atoms with Gasteiger partial charge in [0, 0.05) is 5.56 Å². The summed E-state index contributed by atoms with van der Waals surface area (Å²) in [6, 6.07) is 4.84. The molecule has 28 heavy (non-hydrogen) atoms. The number of thiophene rings is 1. The van der Waals surface area contributed by atoms with Crippen LogP contribution in [0.5, 0.6) is 5.75 Å². The van der Waals surface area contributed by atoms with Gasteiger partial charge >= 0.3 is 11.9 Å². The van der Waals surface area contributed by atoms with Crippen molar-refractivity contribution in [3.05, 3.63) is 44.2 Å². The molecule has 1 aromatic carbocycles. The van der Waals surface area contributed by atoms with Crippen LogP contribution in [0.2, 0.25) is 0 Å². The van der Waals surface area contributed by atoms with Crippen LogP contribution in [-0.2, 0) is 9.47 Å². The van der Waals surface area contributed by atoms with E-state index < -0.39 is 17.8 Å². The number of benzene rings is 1. The summed E-state index contributed by atoms with van der Waals surface area (Å²) in [6.07, 6.45) is 0. The Morgan fingerprint density at radius 3 is 2.32 bits per heavy atom. The summed E-state index contributed by atoms with van der Waals surface area (Å²) in [7, 11) is 1.52.